The summed E-state index contributed by atoms with van der Waals surface area (Å²) in [5.74, 6) is 0.818. The van der Waals surface area contributed by atoms with E-state index in [-0.39, 0.29) is 0 Å². The number of anilines is 3. The molecular weight excluding hydrogens is 458 g/mol. The normalized spacial score (nSPS) is 11.3. The molecule has 36 heavy (non-hydrogen) atoms. The van der Waals surface area contributed by atoms with Crippen LogP contribution in [0.25, 0.3) is 42.2 Å². The van der Waals surface area contributed by atoms with E-state index >= 15 is 0 Å². The summed E-state index contributed by atoms with van der Waals surface area (Å²) in [4.78, 5) is 3.32. The SMILES string of the molecule is c1ccc(N(c2ccccc2)c2nnc(-c3cc4ccccc4s3)c3cc4ccccc4cc23)cc1. The minimum absolute atomic E-state index is 0.818. The van der Waals surface area contributed by atoms with E-state index in [9.17, 15) is 0 Å². The van der Waals surface area contributed by atoms with E-state index in [1.807, 2.05) is 12.1 Å². The Bertz CT molecular complexity index is 1770. The van der Waals surface area contributed by atoms with Crippen LogP contribution < -0.4 is 4.90 Å². The van der Waals surface area contributed by atoms with Crippen molar-refractivity contribution in [1.29, 1.82) is 0 Å². The van der Waals surface area contributed by atoms with Gasteiger partial charge in [-0.2, -0.15) is 0 Å². The molecule has 0 atom stereocenters. The van der Waals surface area contributed by atoms with E-state index in [4.69, 9.17) is 10.2 Å². The monoisotopic (exact) mass is 479 g/mol. The lowest BCUT2D eigenvalue weighted by molar-refractivity contribution is 1.03. The maximum absolute atomic E-state index is 4.90. The lowest BCUT2D eigenvalue weighted by Gasteiger charge is -2.25. The molecule has 0 saturated heterocycles. The van der Waals surface area contributed by atoms with Gasteiger partial charge in [-0.1, -0.05) is 78.9 Å². The zero-order valence-electron chi connectivity index (χ0n) is 19.4. The van der Waals surface area contributed by atoms with Gasteiger partial charge < -0.3 is 0 Å². The van der Waals surface area contributed by atoms with Crippen molar-refractivity contribution >= 4 is 60.2 Å². The van der Waals surface area contributed by atoms with Gasteiger partial charge in [0.1, 0.15) is 5.69 Å². The van der Waals surface area contributed by atoms with Crippen molar-refractivity contribution in [2.45, 2.75) is 0 Å². The van der Waals surface area contributed by atoms with Crippen molar-refractivity contribution in [2.75, 3.05) is 4.90 Å². The van der Waals surface area contributed by atoms with Crippen LogP contribution in [0, 0.1) is 0 Å². The summed E-state index contributed by atoms with van der Waals surface area (Å²) < 4.78 is 1.25. The molecule has 7 aromatic rings. The molecule has 5 aromatic carbocycles. The van der Waals surface area contributed by atoms with Gasteiger partial charge in [-0.25, -0.2) is 0 Å². The van der Waals surface area contributed by atoms with E-state index in [0.717, 1.165) is 38.5 Å². The van der Waals surface area contributed by atoms with E-state index in [2.05, 4.69) is 120 Å². The molecule has 0 N–H and O–H groups in total. The third-order valence-corrected chi connectivity index (χ3v) is 7.65. The molecule has 7 rings (SSSR count). The first-order valence-corrected chi connectivity index (χ1v) is 12.8. The number of para-hydroxylation sites is 2. The van der Waals surface area contributed by atoms with Gasteiger partial charge in [0.15, 0.2) is 5.82 Å². The Hall–Kier alpha value is -4.54. The summed E-state index contributed by atoms with van der Waals surface area (Å²) in [7, 11) is 0. The van der Waals surface area contributed by atoms with Crippen LogP contribution in [0.2, 0.25) is 0 Å². The number of benzene rings is 5. The van der Waals surface area contributed by atoms with Crippen molar-refractivity contribution in [2.24, 2.45) is 0 Å². The molecule has 2 aromatic heterocycles. The molecule has 0 aliphatic rings. The molecule has 0 amide bonds. The number of rotatable bonds is 4. The van der Waals surface area contributed by atoms with Crippen LogP contribution in [0.5, 0.6) is 0 Å². The summed E-state index contributed by atoms with van der Waals surface area (Å²) in [6.45, 7) is 0. The highest BCUT2D eigenvalue weighted by Crippen LogP contribution is 2.42. The Morgan fingerprint density at radius 1 is 0.500 bits per heavy atom. The van der Waals surface area contributed by atoms with E-state index in [1.165, 1.54) is 20.9 Å². The summed E-state index contributed by atoms with van der Waals surface area (Å²) in [5.41, 5.74) is 3.01. The van der Waals surface area contributed by atoms with Crippen molar-refractivity contribution < 1.29 is 0 Å². The topological polar surface area (TPSA) is 29.0 Å². The first-order valence-electron chi connectivity index (χ1n) is 11.9. The molecule has 3 nitrogen and oxygen atoms in total. The predicted molar refractivity (Wildman–Crippen MR) is 153 cm³/mol. The number of nitrogens with zero attached hydrogens (tertiary/aromatic N) is 3. The van der Waals surface area contributed by atoms with Gasteiger partial charge in [0.25, 0.3) is 0 Å². The van der Waals surface area contributed by atoms with Crippen LogP contribution in [-0.4, -0.2) is 10.2 Å². The van der Waals surface area contributed by atoms with Gasteiger partial charge in [-0.05, 0) is 64.7 Å². The van der Waals surface area contributed by atoms with Gasteiger partial charge in [0, 0.05) is 26.8 Å². The first kappa shape index (κ1) is 20.8. The number of aromatic nitrogens is 2. The van der Waals surface area contributed by atoms with Crippen molar-refractivity contribution in [3.05, 3.63) is 127 Å². The maximum atomic E-state index is 4.90. The molecule has 0 saturated carbocycles. The fourth-order valence-corrected chi connectivity index (χ4v) is 5.88. The zero-order valence-corrected chi connectivity index (χ0v) is 20.2. The third kappa shape index (κ3) is 3.51. The molecule has 4 heteroatoms. The summed E-state index contributed by atoms with van der Waals surface area (Å²) >= 11 is 1.76. The Balaban J connectivity index is 1.55. The molecule has 0 radical (unpaired) electrons. The second-order valence-corrected chi connectivity index (χ2v) is 9.86. The van der Waals surface area contributed by atoms with Crippen molar-refractivity contribution in [1.82, 2.24) is 10.2 Å². The number of thiophene rings is 1. The molecule has 0 bridgehead atoms. The largest absolute Gasteiger partial charge is 0.293 e. The van der Waals surface area contributed by atoms with Crippen LogP contribution in [0.15, 0.2) is 127 Å². The van der Waals surface area contributed by atoms with Crippen molar-refractivity contribution in [3.8, 4) is 10.6 Å². The van der Waals surface area contributed by atoms with Crippen LogP contribution >= 0.6 is 11.3 Å². The van der Waals surface area contributed by atoms with Gasteiger partial charge in [0.2, 0.25) is 0 Å². The van der Waals surface area contributed by atoms with Crippen LogP contribution in [0.3, 0.4) is 0 Å². The fourth-order valence-electron chi connectivity index (χ4n) is 4.82. The number of hydrogen-bond acceptors (Lipinski definition) is 4. The van der Waals surface area contributed by atoms with E-state index < -0.39 is 0 Å². The van der Waals surface area contributed by atoms with Crippen LogP contribution in [0.4, 0.5) is 17.2 Å². The zero-order chi connectivity index (χ0) is 23.9. The van der Waals surface area contributed by atoms with Gasteiger partial charge in [0.05, 0.1) is 4.88 Å². The lowest BCUT2D eigenvalue weighted by atomic mass is 10.0. The molecule has 2 heterocycles. The number of fused-ring (bicyclic) bond motifs is 3. The lowest BCUT2D eigenvalue weighted by Crippen LogP contribution is -2.13. The molecule has 0 fully saturated rings. The smallest absolute Gasteiger partial charge is 0.168 e. The highest BCUT2D eigenvalue weighted by molar-refractivity contribution is 7.22. The van der Waals surface area contributed by atoms with Gasteiger partial charge in [-0.3, -0.25) is 4.90 Å². The van der Waals surface area contributed by atoms with Crippen molar-refractivity contribution in [3.63, 3.8) is 0 Å². The van der Waals surface area contributed by atoms with Crippen LogP contribution in [0.1, 0.15) is 0 Å². The molecular formula is C32H21N3S. The third-order valence-electron chi connectivity index (χ3n) is 6.53. The predicted octanol–water partition coefficient (Wildman–Crippen LogP) is 9.13. The molecule has 170 valence electrons. The Morgan fingerprint density at radius 3 is 1.69 bits per heavy atom. The summed E-state index contributed by atoms with van der Waals surface area (Å²) in [6, 6.07) is 44.5. The average molecular weight is 480 g/mol. The standard InChI is InChI=1S/C32H21N3S/c1-3-14-25(15-4-1)35(26-16-5-2-6-17-26)32-28-20-23-12-8-7-11-22(23)19-27(28)31(33-34-32)30-21-24-13-9-10-18-29(24)36-30/h1-21H. The molecule has 0 aliphatic carbocycles. The highest BCUT2D eigenvalue weighted by Gasteiger charge is 2.21. The Labute approximate surface area is 212 Å². The highest BCUT2D eigenvalue weighted by atomic mass is 32.1. The minimum atomic E-state index is 0.818. The second-order valence-electron chi connectivity index (χ2n) is 8.77. The second kappa shape index (κ2) is 8.59. The summed E-state index contributed by atoms with van der Waals surface area (Å²) in [5, 5.41) is 15.5. The van der Waals surface area contributed by atoms with E-state index in [1.54, 1.807) is 11.3 Å². The summed E-state index contributed by atoms with van der Waals surface area (Å²) in [6.07, 6.45) is 0. The molecule has 0 unspecified atom stereocenters. The van der Waals surface area contributed by atoms with Gasteiger partial charge in [-0.15, -0.1) is 21.5 Å². The maximum Gasteiger partial charge on any atom is 0.168 e. The molecule has 0 spiro atoms. The average Bonchev–Trinajstić information content (AvgIpc) is 3.37. The van der Waals surface area contributed by atoms with E-state index in [0.29, 0.717) is 0 Å². The Kier molecular flexibility index (Phi) is 4.97. The fraction of sp³-hybridized carbons (Fsp3) is 0. The Morgan fingerprint density at radius 2 is 1.06 bits per heavy atom. The van der Waals surface area contributed by atoms with Crippen LogP contribution in [-0.2, 0) is 0 Å². The number of hydrogen-bond donors (Lipinski definition) is 0. The quantitative estimate of drug-likeness (QED) is 0.236. The minimum Gasteiger partial charge on any atom is -0.293 e. The molecule has 0 aliphatic heterocycles. The van der Waals surface area contributed by atoms with Gasteiger partial charge >= 0.3 is 0 Å². The first-order chi connectivity index (χ1) is 17.8.